The molecule has 1 aromatic heterocycles. The van der Waals surface area contributed by atoms with Gasteiger partial charge in [0, 0.05) is 17.3 Å². The van der Waals surface area contributed by atoms with Gasteiger partial charge in [-0.2, -0.15) is 5.10 Å². The van der Waals surface area contributed by atoms with Gasteiger partial charge in [0.2, 0.25) is 0 Å². The van der Waals surface area contributed by atoms with E-state index in [1.165, 1.54) is 11.3 Å². The molecule has 2 rings (SSSR count). The molecule has 3 nitrogen and oxygen atoms in total. The Bertz CT molecular complexity index is 620. The first kappa shape index (κ1) is 15.4. The van der Waals surface area contributed by atoms with Crippen molar-refractivity contribution >= 4 is 23.2 Å². The van der Waals surface area contributed by atoms with Crippen LogP contribution in [0.15, 0.2) is 18.2 Å². The Morgan fingerprint density at radius 1 is 1.25 bits per heavy atom. The molecule has 0 aliphatic heterocycles. The number of benzene rings is 1. The Hall–Kier alpha value is -1.03. The van der Waals surface area contributed by atoms with E-state index in [0.29, 0.717) is 16.6 Å². The molecule has 1 aromatic carbocycles. The number of nitrogens with one attached hydrogen (secondary N) is 1. The molecule has 0 saturated carbocycles. The zero-order chi connectivity index (χ0) is 14.9. The molecule has 0 spiro atoms. The molecule has 1 N–H and O–H groups in total. The van der Waals surface area contributed by atoms with E-state index in [9.17, 15) is 0 Å². The lowest BCUT2D eigenvalue weighted by Gasteiger charge is -2.11. The Labute approximate surface area is 129 Å². The highest BCUT2D eigenvalue weighted by Crippen LogP contribution is 2.25. The first-order valence-electron chi connectivity index (χ1n) is 6.59. The topological polar surface area (TPSA) is 29.9 Å². The van der Waals surface area contributed by atoms with Crippen molar-refractivity contribution in [3.05, 3.63) is 50.8 Å². The summed E-state index contributed by atoms with van der Waals surface area (Å²) in [4.78, 5) is 0. The zero-order valence-corrected chi connectivity index (χ0v) is 13.7. The van der Waals surface area contributed by atoms with E-state index >= 15 is 0 Å². The summed E-state index contributed by atoms with van der Waals surface area (Å²) in [6.07, 6.45) is 0. The van der Waals surface area contributed by atoms with Gasteiger partial charge in [0.15, 0.2) is 0 Å². The largest absolute Gasteiger partial charge is 0.313 e. The van der Waals surface area contributed by atoms with E-state index in [4.69, 9.17) is 23.2 Å². The van der Waals surface area contributed by atoms with Gasteiger partial charge in [0.05, 0.1) is 22.3 Å². The van der Waals surface area contributed by atoms with Crippen LogP contribution in [0, 0.1) is 13.8 Å². The van der Waals surface area contributed by atoms with E-state index in [0.717, 1.165) is 11.3 Å². The molecule has 20 heavy (non-hydrogen) atoms. The molecule has 0 radical (unpaired) electrons. The molecule has 1 atom stereocenters. The molecular weight excluding hydrogens is 293 g/mol. The predicted octanol–water partition coefficient (Wildman–Crippen LogP) is 4.14. The third-order valence-corrected chi connectivity index (χ3v) is 4.36. The van der Waals surface area contributed by atoms with Crippen LogP contribution in [0.4, 0.5) is 0 Å². The molecule has 0 aliphatic rings. The lowest BCUT2D eigenvalue weighted by atomic mass is 10.1. The first-order valence-corrected chi connectivity index (χ1v) is 7.34. The maximum atomic E-state index is 6.06. The Morgan fingerprint density at radius 2 is 1.95 bits per heavy atom. The highest BCUT2D eigenvalue weighted by Gasteiger charge is 2.16. The summed E-state index contributed by atoms with van der Waals surface area (Å²) < 4.78 is 2.01. The van der Waals surface area contributed by atoms with Crippen molar-refractivity contribution in [1.29, 1.82) is 0 Å². The van der Waals surface area contributed by atoms with Gasteiger partial charge in [-0.15, -0.1) is 0 Å². The fraction of sp³-hybridized carbons (Fsp3) is 0.400. The second kappa shape index (κ2) is 6.17. The molecule has 0 bridgehead atoms. The highest BCUT2D eigenvalue weighted by atomic mass is 35.5. The van der Waals surface area contributed by atoms with Gasteiger partial charge in [-0.25, -0.2) is 0 Å². The molecule has 2 aromatic rings. The SMILES string of the molecule is CNC(C)c1c(C)nn(Cc2ccc(Cl)c(Cl)c2)c1C. The summed E-state index contributed by atoms with van der Waals surface area (Å²) in [5.74, 6) is 0. The standard InChI is InChI=1S/C15H19Cl2N3/c1-9(18-4)15-10(2)19-20(11(15)3)8-12-5-6-13(16)14(17)7-12/h5-7,9,18H,8H2,1-4H3. The molecule has 0 aliphatic carbocycles. The fourth-order valence-corrected chi connectivity index (χ4v) is 2.77. The van der Waals surface area contributed by atoms with Crippen molar-refractivity contribution in [1.82, 2.24) is 15.1 Å². The minimum absolute atomic E-state index is 0.289. The predicted molar refractivity (Wildman–Crippen MR) is 84.7 cm³/mol. The number of rotatable bonds is 4. The Kier molecular flexibility index (Phi) is 4.74. The Morgan fingerprint density at radius 3 is 2.55 bits per heavy atom. The average Bonchev–Trinajstić information content (AvgIpc) is 2.68. The van der Waals surface area contributed by atoms with Crippen molar-refractivity contribution < 1.29 is 0 Å². The fourth-order valence-electron chi connectivity index (χ4n) is 2.45. The van der Waals surface area contributed by atoms with Crippen molar-refractivity contribution in [3.63, 3.8) is 0 Å². The highest BCUT2D eigenvalue weighted by molar-refractivity contribution is 6.42. The summed E-state index contributed by atoms with van der Waals surface area (Å²) in [6.45, 7) is 6.97. The molecule has 5 heteroatoms. The summed E-state index contributed by atoms with van der Waals surface area (Å²) in [6, 6.07) is 5.98. The van der Waals surface area contributed by atoms with Crippen molar-refractivity contribution in [2.24, 2.45) is 0 Å². The normalized spacial score (nSPS) is 12.7. The summed E-state index contributed by atoms with van der Waals surface area (Å²) in [5, 5.41) is 9.05. The summed E-state index contributed by atoms with van der Waals surface area (Å²) in [7, 11) is 1.96. The van der Waals surface area contributed by atoms with Gasteiger partial charge in [-0.1, -0.05) is 29.3 Å². The van der Waals surface area contributed by atoms with Gasteiger partial charge in [-0.3, -0.25) is 4.68 Å². The molecule has 0 fully saturated rings. The van der Waals surface area contributed by atoms with Crippen LogP contribution in [0.3, 0.4) is 0 Å². The van der Waals surface area contributed by atoms with Crippen molar-refractivity contribution in [2.75, 3.05) is 7.05 Å². The van der Waals surface area contributed by atoms with Crippen LogP contribution in [0.2, 0.25) is 10.0 Å². The molecule has 1 unspecified atom stereocenters. The van der Waals surface area contributed by atoms with Gasteiger partial charge in [-0.05, 0) is 45.5 Å². The lowest BCUT2D eigenvalue weighted by molar-refractivity contribution is 0.632. The Balaban J connectivity index is 2.32. The van der Waals surface area contributed by atoms with Crippen LogP contribution in [0.5, 0.6) is 0 Å². The van der Waals surface area contributed by atoms with E-state index < -0.39 is 0 Å². The van der Waals surface area contributed by atoms with Crippen molar-refractivity contribution in [2.45, 2.75) is 33.4 Å². The van der Waals surface area contributed by atoms with E-state index in [1.807, 2.05) is 36.9 Å². The zero-order valence-electron chi connectivity index (χ0n) is 12.2. The maximum absolute atomic E-state index is 6.06. The number of aryl methyl sites for hydroxylation is 1. The summed E-state index contributed by atoms with van der Waals surface area (Å²) >= 11 is 12.0. The van der Waals surface area contributed by atoms with Gasteiger partial charge in [0.1, 0.15) is 0 Å². The smallest absolute Gasteiger partial charge is 0.0663 e. The summed E-state index contributed by atoms with van der Waals surface area (Å²) in [5.41, 5.74) is 4.58. The molecule has 0 saturated heterocycles. The van der Waals surface area contributed by atoms with Crippen LogP contribution in [0.25, 0.3) is 0 Å². The number of nitrogens with zero attached hydrogens (tertiary/aromatic N) is 2. The van der Waals surface area contributed by atoms with Crippen LogP contribution in [0.1, 0.15) is 35.5 Å². The van der Waals surface area contributed by atoms with Crippen LogP contribution in [-0.2, 0) is 6.54 Å². The quantitative estimate of drug-likeness (QED) is 0.920. The van der Waals surface area contributed by atoms with Gasteiger partial charge < -0.3 is 5.32 Å². The van der Waals surface area contributed by atoms with Crippen LogP contribution < -0.4 is 5.32 Å². The third kappa shape index (κ3) is 3.00. The minimum Gasteiger partial charge on any atom is -0.313 e. The number of hydrogen-bond donors (Lipinski definition) is 1. The van der Waals surface area contributed by atoms with Gasteiger partial charge >= 0.3 is 0 Å². The third-order valence-electron chi connectivity index (χ3n) is 3.62. The second-order valence-corrected chi connectivity index (χ2v) is 5.82. The van der Waals surface area contributed by atoms with Crippen LogP contribution >= 0.6 is 23.2 Å². The first-order chi connectivity index (χ1) is 9.43. The number of halogens is 2. The lowest BCUT2D eigenvalue weighted by Crippen LogP contribution is -2.14. The van der Waals surface area contributed by atoms with E-state index in [-0.39, 0.29) is 6.04 Å². The van der Waals surface area contributed by atoms with Crippen molar-refractivity contribution in [3.8, 4) is 0 Å². The molecule has 0 amide bonds. The number of aromatic nitrogens is 2. The molecule has 108 valence electrons. The van der Waals surface area contributed by atoms with Crippen LogP contribution in [-0.4, -0.2) is 16.8 Å². The van der Waals surface area contributed by atoms with Gasteiger partial charge in [0.25, 0.3) is 0 Å². The molecular formula is C15H19Cl2N3. The maximum Gasteiger partial charge on any atom is 0.0663 e. The average molecular weight is 312 g/mol. The van der Waals surface area contributed by atoms with E-state index in [2.05, 4.69) is 24.3 Å². The molecule has 1 heterocycles. The van der Waals surface area contributed by atoms with E-state index in [1.54, 1.807) is 0 Å². The minimum atomic E-state index is 0.289. The second-order valence-electron chi connectivity index (χ2n) is 5.00. The monoisotopic (exact) mass is 311 g/mol. The number of hydrogen-bond acceptors (Lipinski definition) is 2.